The zero-order valence-corrected chi connectivity index (χ0v) is 8.33. The summed E-state index contributed by atoms with van der Waals surface area (Å²) in [4.78, 5) is 0. The average Bonchev–Trinajstić information content (AvgIpc) is 2.18. The topological polar surface area (TPSA) is 26.0 Å². The highest BCUT2D eigenvalue weighted by molar-refractivity contribution is 6.33. The van der Waals surface area contributed by atoms with Crippen molar-refractivity contribution in [2.75, 3.05) is 5.73 Å². The van der Waals surface area contributed by atoms with Gasteiger partial charge in [-0.2, -0.15) is 0 Å². The Hall–Kier alpha value is -1.47. The van der Waals surface area contributed by atoms with Crippen molar-refractivity contribution < 1.29 is 0 Å². The quantitative estimate of drug-likeness (QED) is 0.705. The van der Waals surface area contributed by atoms with E-state index >= 15 is 0 Å². The van der Waals surface area contributed by atoms with E-state index in [4.69, 9.17) is 17.3 Å². The Morgan fingerprint density at radius 1 is 0.929 bits per heavy atom. The molecule has 0 fully saturated rings. The summed E-state index contributed by atoms with van der Waals surface area (Å²) in [6, 6.07) is 15.4. The van der Waals surface area contributed by atoms with Crippen LogP contribution in [0.3, 0.4) is 0 Å². The zero-order valence-electron chi connectivity index (χ0n) is 7.57. The molecule has 0 atom stereocenters. The fourth-order valence-corrected chi connectivity index (χ4v) is 1.65. The van der Waals surface area contributed by atoms with E-state index in [-0.39, 0.29) is 0 Å². The lowest BCUT2D eigenvalue weighted by Gasteiger charge is -2.04. The Labute approximate surface area is 88.1 Å². The lowest BCUT2D eigenvalue weighted by molar-refractivity contribution is 1.61. The van der Waals surface area contributed by atoms with Gasteiger partial charge < -0.3 is 5.73 Å². The van der Waals surface area contributed by atoms with Gasteiger partial charge in [0.2, 0.25) is 0 Å². The van der Waals surface area contributed by atoms with Crippen LogP contribution in [0.5, 0.6) is 0 Å². The van der Waals surface area contributed by atoms with E-state index < -0.39 is 0 Å². The molecule has 0 aliphatic rings. The van der Waals surface area contributed by atoms with Gasteiger partial charge in [0.25, 0.3) is 0 Å². The molecule has 2 heteroatoms. The molecule has 0 spiro atoms. The third-order valence-corrected chi connectivity index (χ3v) is 2.40. The van der Waals surface area contributed by atoms with Crippen LogP contribution in [0.25, 0.3) is 11.1 Å². The smallest absolute Gasteiger partial charge is 0.0484 e. The summed E-state index contributed by atoms with van der Waals surface area (Å²) in [5.74, 6) is 0. The van der Waals surface area contributed by atoms with Gasteiger partial charge in [-0.1, -0.05) is 41.9 Å². The van der Waals surface area contributed by atoms with Crippen LogP contribution in [0.15, 0.2) is 48.5 Å². The molecule has 1 nitrogen and oxygen atoms in total. The van der Waals surface area contributed by atoms with Crippen LogP contribution in [0.4, 0.5) is 5.69 Å². The van der Waals surface area contributed by atoms with E-state index in [9.17, 15) is 0 Å². The Kier molecular flexibility index (Phi) is 2.42. The van der Waals surface area contributed by atoms with Crippen molar-refractivity contribution in [1.29, 1.82) is 0 Å². The van der Waals surface area contributed by atoms with Gasteiger partial charge in [0, 0.05) is 16.3 Å². The Balaban J connectivity index is 2.55. The van der Waals surface area contributed by atoms with E-state index in [1.165, 1.54) is 0 Å². The second-order valence-electron chi connectivity index (χ2n) is 3.11. The minimum atomic E-state index is 0.748. The highest BCUT2D eigenvalue weighted by Gasteiger charge is 2.01. The summed E-state index contributed by atoms with van der Waals surface area (Å²) in [5.41, 5.74) is 8.52. The molecule has 2 rings (SSSR count). The van der Waals surface area contributed by atoms with Crippen molar-refractivity contribution in [1.82, 2.24) is 0 Å². The van der Waals surface area contributed by atoms with Crippen LogP contribution in [0.1, 0.15) is 0 Å². The Bertz CT molecular complexity index is 452. The van der Waals surface area contributed by atoms with Gasteiger partial charge in [0.15, 0.2) is 0 Å². The molecule has 0 radical (unpaired) electrons. The van der Waals surface area contributed by atoms with E-state index in [2.05, 4.69) is 0 Å². The lowest BCUT2D eigenvalue weighted by Crippen LogP contribution is -1.85. The average molecular weight is 204 g/mol. The molecular formula is C12H10ClN. The van der Waals surface area contributed by atoms with E-state index in [1.54, 1.807) is 0 Å². The molecule has 0 saturated carbocycles. The van der Waals surface area contributed by atoms with Gasteiger partial charge in [-0.25, -0.2) is 0 Å². The monoisotopic (exact) mass is 203 g/mol. The molecule has 0 unspecified atom stereocenters. The third-order valence-electron chi connectivity index (χ3n) is 2.07. The van der Waals surface area contributed by atoms with Gasteiger partial charge in [-0.15, -0.1) is 0 Å². The summed E-state index contributed by atoms with van der Waals surface area (Å²) in [6.45, 7) is 0. The number of halogens is 1. The number of hydrogen-bond acceptors (Lipinski definition) is 1. The van der Waals surface area contributed by atoms with Crippen molar-refractivity contribution in [2.24, 2.45) is 0 Å². The summed E-state index contributed by atoms with van der Waals surface area (Å²) in [5, 5.41) is 0.748. The molecule has 0 aromatic heterocycles. The highest BCUT2D eigenvalue weighted by atomic mass is 35.5. The number of hydrogen-bond donors (Lipinski definition) is 1. The second-order valence-corrected chi connectivity index (χ2v) is 3.51. The fraction of sp³-hybridized carbons (Fsp3) is 0. The van der Waals surface area contributed by atoms with Crippen LogP contribution in [-0.4, -0.2) is 0 Å². The van der Waals surface area contributed by atoms with Crippen LogP contribution in [-0.2, 0) is 0 Å². The van der Waals surface area contributed by atoms with Crippen molar-refractivity contribution in [3.05, 3.63) is 53.6 Å². The Morgan fingerprint density at radius 2 is 1.71 bits per heavy atom. The fourth-order valence-electron chi connectivity index (χ4n) is 1.40. The first kappa shape index (κ1) is 9.10. The maximum absolute atomic E-state index is 6.07. The first-order valence-corrected chi connectivity index (χ1v) is 4.75. The highest BCUT2D eigenvalue weighted by Crippen LogP contribution is 2.28. The number of anilines is 1. The molecular weight excluding hydrogens is 194 g/mol. The van der Waals surface area contributed by atoms with Crippen LogP contribution >= 0.6 is 11.6 Å². The standard InChI is InChI=1S/C12H10ClN/c13-12-7-2-1-6-11(12)9-4-3-5-10(14)8-9/h1-8H,14H2. The van der Waals surface area contributed by atoms with Gasteiger partial charge >= 0.3 is 0 Å². The molecule has 0 saturated heterocycles. The lowest BCUT2D eigenvalue weighted by atomic mass is 10.1. The minimum absolute atomic E-state index is 0.748. The molecule has 0 aliphatic carbocycles. The summed E-state index contributed by atoms with van der Waals surface area (Å²) >= 11 is 6.07. The molecule has 0 amide bonds. The largest absolute Gasteiger partial charge is 0.399 e. The third kappa shape index (κ3) is 1.73. The van der Waals surface area contributed by atoms with Crippen molar-refractivity contribution >= 4 is 17.3 Å². The second kappa shape index (κ2) is 3.72. The predicted molar refractivity (Wildman–Crippen MR) is 61.3 cm³/mol. The van der Waals surface area contributed by atoms with Gasteiger partial charge in [-0.05, 0) is 23.8 Å². The summed E-state index contributed by atoms with van der Waals surface area (Å²) in [6.07, 6.45) is 0. The van der Waals surface area contributed by atoms with Gasteiger partial charge in [0.05, 0.1) is 0 Å². The molecule has 70 valence electrons. The van der Waals surface area contributed by atoms with Crippen LogP contribution < -0.4 is 5.73 Å². The van der Waals surface area contributed by atoms with Crippen molar-refractivity contribution in [3.63, 3.8) is 0 Å². The number of benzene rings is 2. The number of nitrogen functional groups attached to an aromatic ring is 1. The van der Waals surface area contributed by atoms with Crippen LogP contribution in [0, 0.1) is 0 Å². The normalized spacial score (nSPS) is 10.1. The molecule has 14 heavy (non-hydrogen) atoms. The maximum atomic E-state index is 6.07. The predicted octanol–water partition coefficient (Wildman–Crippen LogP) is 3.59. The Morgan fingerprint density at radius 3 is 2.43 bits per heavy atom. The minimum Gasteiger partial charge on any atom is -0.399 e. The number of nitrogens with two attached hydrogens (primary N) is 1. The molecule has 2 aromatic carbocycles. The van der Waals surface area contributed by atoms with Gasteiger partial charge in [-0.3, -0.25) is 0 Å². The molecule has 0 bridgehead atoms. The van der Waals surface area contributed by atoms with Gasteiger partial charge in [0.1, 0.15) is 0 Å². The number of rotatable bonds is 1. The SMILES string of the molecule is Nc1cccc(-c2ccccc2Cl)c1. The molecule has 2 aromatic rings. The van der Waals surface area contributed by atoms with Crippen molar-refractivity contribution in [2.45, 2.75) is 0 Å². The molecule has 0 aliphatic heterocycles. The van der Waals surface area contributed by atoms with Crippen molar-refractivity contribution in [3.8, 4) is 11.1 Å². The maximum Gasteiger partial charge on any atom is 0.0484 e. The molecule has 2 N–H and O–H groups in total. The first-order chi connectivity index (χ1) is 6.77. The molecule has 0 heterocycles. The zero-order chi connectivity index (χ0) is 9.97. The first-order valence-electron chi connectivity index (χ1n) is 4.38. The van der Waals surface area contributed by atoms with E-state index in [1.807, 2.05) is 48.5 Å². The van der Waals surface area contributed by atoms with Crippen LogP contribution in [0.2, 0.25) is 5.02 Å². The summed E-state index contributed by atoms with van der Waals surface area (Å²) in [7, 11) is 0. The summed E-state index contributed by atoms with van der Waals surface area (Å²) < 4.78 is 0. The van der Waals surface area contributed by atoms with E-state index in [0.717, 1.165) is 21.8 Å². The van der Waals surface area contributed by atoms with E-state index in [0.29, 0.717) is 0 Å².